The minimum atomic E-state index is -1.18. The first-order valence-electron chi connectivity index (χ1n) is 6.71. The predicted octanol–water partition coefficient (Wildman–Crippen LogP) is -0.948. The maximum Gasteiger partial charge on any atom is 0.323 e. The van der Waals surface area contributed by atoms with Gasteiger partial charge in [-0.2, -0.15) is 0 Å². The van der Waals surface area contributed by atoms with Crippen molar-refractivity contribution in [2.45, 2.75) is 25.8 Å². The van der Waals surface area contributed by atoms with E-state index in [1.165, 1.54) is 0 Å². The molecule has 114 valence electrons. The van der Waals surface area contributed by atoms with Crippen molar-refractivity contribution in [2.75, 3.05) is 32.7 Å². The molecule has 1 aliphatic rings. The van der Waals surface area contributed by atoms with E-state index in [2.05, 4.69) is 17.1 Å². The Bertz CT molecular complexity index is 358. The number of rotatable bonds is 7. The topological polar surface area (TPSA) is 116 Å². The molecule has 20 heavy (non-hydrogen) atoms. The van der Waals surface area contributed by atoms with E-state index in [1.54, 1.807) is 0 Å². The van der Waals surface area contributed by atoms with Crippen molar-refractivity contribution in [3.63, 3.8) is 0 Å². The van der Waals surface area contributed by atoms with Crippen LogP contribution in [-0.4, -0.2) is 71.6 Å². The molecule has 0 saturated carbocycles. The van der Waals surface area contributed by atoms with Crippen LogP contribution < -0.4 is 11.1 Å². The fourth-order valence-electron chi connectivity index (χ4n) is 2.41. The van der Waals surface area contributed by atoms with Crippen LogP contribution in [0.15, 0.2) is 0 Å². The van der Waals surface area contributed by atoms with Crippen molar-refractivity contribution >= 4 is 17.9 Å². The molecule has 1 fully saturated rings. The number of carbonyl (C=O) groups is 3. The standard InChI is InChI=1S/C12H22N4O4/c1-2-15-5-3-4-9(15)6-14-12(20)16(7-10(13)17)8-11(18)19/h9H,2-8H2,1H3,(H2,13,17)(H,14,20)(H,18,19). The quantitative estimate of drug-likeness (QED) is 0.558. The van der Waals surface area contributed by atoms with Crippen LogP contribution in [0.25, 0.3) is 0 Å². The van der Waals surface area contributed by atoms with E-state index in [9.17, 15) is 14.4 Å². The predicted molar refractivity (Wildman–Crippen MR) is 72.1 cm³/mol. The van der Waals surface area contributed by atoms with E-state index in [-0.39, 0.29) is 6.04 Å². The number of amides is 3. The highest BCUT2D eigenvalue weighted by Crippen LogP contribution is 2.15. The van der Waals surface area contributed by atoms with Gasteiger partial charge in [-0.05, 0) is 25.9 Å². The molecule has 8 heteroatoms. The summed E-state index contributed by atoms with van der Waals surface area (Å²) in [6.45, 7) is 3.49. The van der Waals surface area contributed by atoms with Gasteiger partial charge in [-0.25, -0.2) is 4.79 Å². The van der Waals surface area contributed by atoms with Crippen molar-refractivity contribution in [1.29, 1.82) is 0 Å². The molecule has 0 radical (unpaired) electrons. The van der Waals surface area contributed by atoms with Crippen LogP contribution in [0.1, 0.15) is 19.8 Å². The third-order valence-corrected chi connectivity index (χ3v) is 3.35. The Labute approximate surface area is 117 Å². The lowest BCUT2D eigenvalue weighted by molar-refractivity contribution is -0.137. The van der Waals surface area contributed by atoms with E-state index < -0.39 is 31.0 Å². The van der Waals surface area contributed by atoms with E-state index >= 15 is 0 Å². The number of nitrogens with zero attached hydrogens (tertiary/aromatic N) is 2. The molecular weight excluding hydrogens is 264 g/mol. The first kappa shape index (κ1) is 16.2. The lowest BCUT2D eigenvalue weighted by Gasteiger charge is -2.25. The highest BCUT2D eigenvalue weighted by Gasteiger charge is 2.25. The summed E-state index contributed by atoms with van der Waals surface area (Å²) in [5, 5.41) is 11.4. The number of nitrogens with two attached hydrogens (primary N) is 1. The molecule has 1 unspecified atom stereocenters. The summed E-state index contributed by atoms with van der Waals surface area (Å²) in [5.41, 5.74) is 5.01. The van der Waals surface area contributed by atoms with Crippen molar-refractivity contribution in [2.24, 2.45) is 5.73 Å². The summed E-state index contributed by atoms with van der Waals surface area (Å²) in [6.07, 6.45) is 2.09. The molecule has 0 aromatic heterocycles. The molecule has 0 aliphatic carbocycles. The Balaban J connectivity index is 2.48. The molecule has 4 N–H and O–H groups in total. The number of nitrogens with one attached hydrogen (secondary N) is 1. The van der Waals surface area contributed by atoms with Gasteiger partial charge < -0.3 is 21.1 Å². The Kier molecular flexibility index (Phi) is 6.23. The highest BCUT2D eigenvalue weighted by molar-refractivity contribution is 5.85. The van der Waals surface area contributed by atoms with Gasteiger partial charge in [0.1, 0.15) is 13.1 Å². The van der Waals surface area contributed by atoms with Crippen LogP contribution in [-0.2, 0) is 9.59 Å². The molecule has 1 heterocycles. The number of likely N-dealkylation sites (tertiary alicyclic amines) is 1. The number of aliphatic carboxylic acids is 1. The van der Waals surface area contributed by atoms with Crippen molar-refractivity contribution in [3.8, 4) is 0 Å². The molecule has 0 aromatic carbocycles. The second-order valence-corrected chi connectivity index (χ2v) is 4.83. The summed E-state index contributed by atoms with van der Waals surface area (Å²) in [5.74, 6) is -1.92. The maximum absolute atomic E-state index is 11.9. The monoisotopic (exact) mass is 286 g/mol. The van der Waals surface area contributed by atoms with Crippen LogP contribution in [0.2, 0.25) is 0 Å². The molecule has 1 aliphatic heterocycles. The Morgan fingerprint density at radius 1 is 1.40 bits per heavy atom. The molecule has 0 spiro atoms. The number of likely N-dealkylation sites (N-methyl/N-ethyl adjacent to an activating group) is 1. The van der Waals surface area contributed by atoms with Gasteiger partial charge in [0.25, 0.3) is 0 Å². The number of carboxylic acids is 1. The van der Waals surface area contributed by atoms with Gasteiger partial charge in [-0.15, -0.1) is 0 Å². The SMILES string of the molecule is CCN1CCCC1CNC(=O)N(CC(N)=O)CC(=O)O. The average Bonchev–Trinajstić information content (AvgIpc) is 2.81. The van der Waals surface area contributed by atoms with Gasteiger partial charge in [0.05, 0.1) is 0 Å². The van der Waals surface area contributed by atoms with Crippen LogP contribution >= 0.6 is 0 Å². The minimum absolute atomic E-state index is 0.268. The van der Waals surface area contributed by atoms with Crippen molar-refractivity contribution in [3.05, 3.63) is 0 Å². The first-order chi connectivity index (χ1) is 9.43. The normalized spacial score (nSPS) is 18.8. The van der Waals surface area contributed by atoms with E-state index in [0.29, 0.717) is 6.54 Å². The lowest BCUT2D eigenvalue weighted by Crippen LogP contribution is -2.49. The zero-order valence-electron chi connectivity index (χ0n) is 11.7. The Hall–Kier alpha value is -1.83. The van der Waals surface area contributed by atoms with Gasteiger partial charge in [0, 0.05) is 12.6 Å². The van der Waals surface area contributed by atoms with Crippen LogP contribution in [0.3, 0.4) is 0 Å². The lowest BCUT2D eigenvalue weighted by atomic mass is 10.2. The molecule has 0 bridgehead atoms. The van der Waals surface area contributed by atoms with Crippen molar-refractivity contribution in [1.82, 2.24) is 15.1 Å². The van der Waals surface area contributed by atoms with Gasteiger partial charge in [-0.1, -0.05) is 6.92 Å². The summed E-state index contributed by atoms with van der Waals surface area (Å²) >= 11 is 0. The fourth-order valence-corrected chi connectivity index (χ4v) is 2.41. The number of carboxylic acid groups (broad SMARTS) is 1. The van der Waals surface area contributed by atoms with Crippen LogP contribution in [0.5, 0.6) is 0 Å². The molecule has 8 nitrogen and oxygen atoms in total. The molecular formula is C12H22N4O4. The summed E-state index contributed by atoms with van der Waals surface area (Å²) in [6, 6.07) is -0.307. The Morgan fingerprint density at radius 3 is 2.65 bits per heavy atom. The molecule has 3 amide bonds. The first-order valence-corrected chi connectivity index (χ1v) is 6.71. The molecule has 1 atom stereocenters. The average molecular weight is 286 g/mol. The van der Waals surface area contributed by atoms with E-state index in [1.807, 2.05) is 0 Å². The van der Waals surface area contributed by atoms with Gasteiger partial charge >= 0.3 is 12.0 Å². The summed E-state index contributed by atoms with van der Waals surface area (Å²) in [4.78, 5) is 36.6. The van der Waals surface area contributed by atoms with Crippen molar-refractivity contribution < 1.29 is 19.5 Å². The van der Waals surface area contributed by atoms with E-state index in [4.69, 9.17) is 10.8 Å². The van der Waals surface area contributed by atoms with Gasteiger partial charge in [0.15, 0.2) is 0 Å². The maximum atomic E-state index is 11.9. The third kappa shape index (κ3) is 5.04. The number of primary amides is 1. The number of hydrogen-bond acceptors (Lipinski definition) is 4. The molecule has 1 rings (SSSR count). The second kappa shape index (κ2) is 7.68. The number of hydrogen-bond donors (Lipinski definition) is 3. The smallest absolute Gasteiger partial charge is 0.323 e. The third-order valence-electron chi connectivity index (χ3n) is 3.35. The number of urea groups is 1. The van der Waals surface area contributed by atoms with Gasteiger partial charge in [0.2, 0.25) is 5.91 Å². The molecule has 1 saturated heterocycles. The van der Waals surface area contributed by atoms with Gasteiger partial charge in [-0.3, -0.25) is 14.5 Å². The largest absolute Gasteiger partial charge is 0.480 e. The molecule has 0 aromatic rings. The van der Waals surface area contributed by atoms with Crippen LogP contribution in [0.4, 0.5) is 4.79 Å². The van der Waals surface area contributed by atoms with Crippen LogP contribution in [0, 0.1) is 0 Å². The summed E-state index contributed by atoms with van der Waals surface area (Å²) < 4.78 is 0. The Morgan fingerprint density at radius 2 is 2.10 bits per heavy atom. The summed E-state index contributed by atoms with van der Waals surface area (Å²) in [7, 11) is 0. The fraction of sp³-hybridized carbons (Fsp3) is 0.750. The zero-order chi connectivity index (χ0) is 15.1. The van der Waals surface area contributed by atoms with E-state index in [0.717, 1.165) is 30.8 Å². The zero-order valence-corrected chi connectivity index (χ0v) is 11.7. The number of carbonyl (C=O) groups excluding carboxylic acids is 2. The minimum Gasteiger partial charge on any atom is -0.480 e. The second-order valence-electron chi connectivity index (χ2n) is 4.83. The highest BCUT2D eigenvalue weighted by atomic mass is 16.4.